The number of carbonyl (C=O) groups is 2. The van der Waals surface area contributed by atoms with Crippen molar-refractivity contribution in [1.82, 2.24) is 20.0 Å². The van der Waals surface area contributed by atoms with Gasteiger partial charge in [-0.3, -0.25) is 9.59 Å². The van der Waals surface area contributed by atoms with Gasteiger partial charge < -0.3 is 28.6 Å². The minimum absolute atomic E-state index is 0.0830. The first-order valence-electron chi connectivity index (χ1n) is 12.9. The van der Waals surface area contributed by atoms with Crippen LogP contribution in [0.15, 0.2) is 77.4 Å². The Morgan fingerprint density at radius 3 is 2.48 bits per heavy atom. The van der Waals surface area contributed by atoms with Crippen molar-refractivity contribution in [2.24, 2.45) is 0 Å². The van der Waals surface area contributed by atoms with Crippen LogP contribution in [0.3, 0.4) is 0 Å². The summed E-state index contributed by atoms with van der Waals surface area (Å²) in [6.07, 6.45) is 1.44. The Bertz CT molecular complexity index is 1500. The lowest BCUT2D eigenvalue weighted by Crippen LogP contribution is -2.52. The Hall–Kier alpha value is -4.57. The van der Waals surface area contributed by atoms with Gasteiger partial charge >= 0.3 is 0 Å². The molecule has 0 bridgehead atoms. The van der Waals surface area contributed by atoms with Gasteiger partial charge in [-0.1, -0.05) is 35.9 Å². The molecule has 0 spiro atoms. The van der Waals surface area contributed by atoms with E-state index in [0.717, 1.165) is 16.9 Å². The number of piperazine rings is 1. The molecular weight excluding hydrogens is 534 g/mol. The zero-order valence-corrected chi connectivity index (χ0v) is 22.3. The maximum atomic E-state index is 13.3. The summed E-state index contributed by atoms with van der Waals surface area (Å²) in [7, 11) is 0. The zero-order chi connectivity index (χ0) is 27.5. The molecule has 40 heavy (non-hydrogen) atoms. The number of furan rings is 1. The normalized spacial score (nSPS) is 14.3. The van der Waals surface area contributed by atoms with E-state index in [4.69, 9.17) is 25.5 Å². The van der Waals surface area contributed by atoms with Crippen molar-refractivity contribution in [3.63, 3.8) is 0 Å². The highest BCUT2D eigenvalue weighted by Crippen LogP contribution is 2.33. The van der Waals surface area contributed by atoms with E-state index >= 15 is 0 Å². The summed E-state index contributed by atoms with van der Waals surface area (Å²) in [5, 5.41) is 9.37. The van der Waals surface area contributed by atoms with Crippen molar-refractivity contribution >= 4 is 29.2 Å². The van der Waals surface area contributed by atoms with E-state index in [1.165, 1.54) is 11.2 Å². The van der Waals surface area contributed by atoms with Crippen LogP contribution in [0, 0.1) is 0 Å². The minimum atomic E-state index is -0.358. The third-order valence-corrected chi connectivity index (χ3v) is 7.24. The quantitative estimate of drug-likeness (QED) is 0.333. The molecule has 204 valence electrons. The summed E-state index contributed by atoms with van der Waals surface area (Å²) in [5.74, 6) is 1.69. The van der Waals surface area contributed by atoms with E-state index < -0.39 is 0 Å². The molecule has 2 aliphatic rings. The molecule has 0 aliphatic carbocycles. The number of hydrogen-bond donors (Lipinski definition) is 0. The Kier molecular flexibility index (Phi) is 7.24. The van der Waals surface area contributed by atoms with Crippen LogP contribution in [0.2, 0.25) is 5.02 Å². The predicted octanol–water partition coefficient (Wildman–Crippen LogP) is 4.11. The van der Waals surface area contributed by atoms with Crippen molar-refractivity contribution < 1.29 is 23.5 Å². The van der Waals surface area contributed by atoms with E-state index in [1.807, 2.05) is 48.5 Å². The van der Waals surface area contributed by atoms with Gasteiger partial charge in [0.15, 0.2) is 23.1 Å². The Morgan fingerprint density at radius 2 is 1.73 bits per heavy atom. The van der Waals surface area contributed by atoms with Crippen molar-refractivity contribution in [1.29, 1.82) is 0 Å². The smallest absolute Gasteiger partial charge is 0.290 e. The summed E-state index contributed by atoms with van der Waals surface area (Å²) in [5.41, 5.74) is 2.35. The van der Waals surface area contributed by atoms with Gasteiger partial charge in [-0.25, -0.2) is 0 Å². The number of fused-ring (bicyclic) bond motifs is 1. The number of amides is 2. The van der Waals surface area contributed by atoms with Gasteiger partial charge in [-0.2, -0.15) is 0 Å². The Labute approximate surface area is 235 Å². The molecule has 0 saturated carbocycles. The van der Waals surface area contributed by atoms with E-state index in [0.29, 0.717) is 48.4 Å². The number of aromatic nitrogens is 2. The SMILES string of the molecule is O=C(CN(Cc1ccc2c(c1)OCO2)C(=O)c1ccco1)N1CCN(c2ccc(-c3ccccc3Cl)nn2)CC1. The molecule has 2 aromatic heterocycles. The van der Waals surface area contributed by atoms with Crippen LogP contribution in [0.1, 0.15) is 16.1 Å². The first-order valence-corrected chi connectivity index (χ1v) is 13.3. The van der Waals surface area contributed by atoms with Crippen LogP contribution in [0.25, 0.3) is 11.3 Å². The monoisotopic (exact) mass is 559 g/mol. The van der Waals surface area contributed by atoms with Crippen LogP contribution < -0.4 is 14.4 Å². The lowest BCUT2D eigenvalue weighted by molar-refractivity contribution is -0.132. The maximum absolute atomic E-state index is 13.3. The first-order chi connectivity index (χ1) is 19.5. The number of halogens is 1. The van der Waals surface area contributed by atoms with Crippen molar-refractivity contribution in [2.45, 2.75) is 6.54 Å². The van der Waals surface area contributed by atoms with E-state index in [-0.39, 0.29) is 37.5 Å². The second-order valence-electron chi connectivity index (χ2n) is 9.45. The van der Waals surface area contributed by atoms with Crippen LogP contribution >= 0.6 is 11.6 Å². The maximum Gasteiger partial charge on any atom is 0.290 e. The van der Waals surface area contributed by atoms with Crippen LogP contribution in [-0.4, -0.2) is 71.3 Å². The second kappa shape index (κ2) is 11.3. The summed E-state index contributed by atoms with van der Waals surface area (Å²) in [6.45, 7) is 2.49. The number of benzene rings is 2. The van der Waals surface area contributed by atoms with Gasteiger partial charge in [-0.15, -0.1) is 10.2 Å². The zero-order valence-electron chi connectivity index (χ0n) is 21.5. The summed E-state index contributed by atoms with van der Waals surface area (Å²) < 4.78 is 16.2. The molecule has 4 aromatic rings. The summed E-state index contributed by atoms with van der Waals surface area (Å²) in [4.78, 5) is 31.9. The third kappa shape index (κ3) is 5.43. The summed E-state index contributed by atoms with van der Waals surface area (Å²) in [6, 6.07) is 20.1. The molecule has 0 atom stereocenters. The third-order valence-electron chi connectivity index (χ3n) is 6.91. The highest BCUT2D eigenvalue weighted by molar-refractivity contribution is 6.33. The molecule has 1 fully saturated rings. The van der Waals surface area contributed by atoms with E-state index in [1.54, 1.807) is 23.1 Å². The molecule has 6 rings (SSSR count). The van der Waals surface area contributed by atoms with Crippen molar-refractivity contribution in [3.8, 4) is 22.8 Å². The van der Waals surface area contributed by atoms with Crippen molar-refractivity contribution in [3.05, 3.63) is 89.3 Å². The van der Waals surface area contributed by atoms with Gasteiger partial charge in [-0.05, 0) is 48.0 Å². The van der Waals surface area contributed by atoms with Crippen molar-refractivity contribution in [2.75, 3.05) is 44.4 Å². The Balaban J connectivity index is 1.10. The number of anilines is 1. The number of carbonyl (C=O) groups excluding carboxylic acids is 2. The minimum Gasteiger partial charge on any atom is -0.459 e. The molecule has 2 amide bonds. The average molecular weight is 560 g/mol. The lowest BCUT2D eigenvalue weighted by Gasteiger charge is -2.36. The van der Waals surface area contributed by atoms with Gasteiger partial charge in [0.1, 0.15) is 6.54 Å². The van der Waals surface area contributed by atoms with Crippen LogP contribution in [0.5, 0.6) is 11.5 Å². The molecular formula is C29H26ClN5O5. The highest BCUT2D eigenvalue weighted by Gasteiger charge is 2.27. The standard InChI is InChI=1S/C29H26ClN5O5/c30-22-5-2-1-4-21(22)23-8-10-27(32-31-23)33-11-13-34(14-12-33)28(36)18-35(29(37)25-6-3-15-38-25)17-20-7-9-24-26(16-20)40-19-39-24/h1-10,15-16H,11-14,17-19H2. The summed E-state index contributed by atoms with van der Waals surface area (Å²) >= 11 is 6.29. The van der Waals surface area contributed by atoms with Gasteiger partial charge in [0.25, 0.3) is 5.91 Å². The second-order valence-corrected chi connectivity index (χ2v) is 9.86. The molecule has 0 N–H and O–H groups in total. The Morgan fingerprint density at radius 1 is 0.900 bits per heavy atom. The molecule has 1 saturated heterocycles. The molecule has 2 aliphatic heterocycles. The molecule has 0 unspecified atom stereocenters. The van der Waals surface area contributed by atoms with Gasteiger partial charge in [0.2, 0.25) is 12.7 Å². The lowest BCUT2D eigenvalue weighted by atomic mass is 10.1. The number of hydrogen-bond acceptors (Lipinski definition) is 8. The molecule has 4 heterocycles. The first kappa shape index (κ1) is 25.7. The largest absolute Gasteiger partial charge is 0.459 e. The molecule has 10 nitrogen and oxygen atoms in total. The van der Waals surface area contributed by atoms with E-state index in [2.05, 4.69) is 15.1 Å². The fourth-order valence-corrected chi connectivity index (χ4v) is 5.00. The highest BCUT2D eigenvalue weighted by atomic mass is 35.5. The van der Waals surface area contributed by atoms with Gasteiger partial charge in [0, 0.05) is 38.3 Å². The van der Waals surface area contributed by atoms with Crippen LogP contribution in [0.4, 0.5) is 5.82 Å². The molecule has 2 aromatic carbocycles. The van der Waals surface area contributed by atoms with Crippen LogP contribution in [-0.2, 0) is 11.3 Å². The fourth-order valence-electron chi connectivity index (χ4n) is 4.77. The van der Waals surface area contributed by atoms with Gasteiger partial charge in [0.05, 0.1) is 17.0 Å². The average Bonchev–Trinajstić information content (AvgIpc) is 3.69. The predicted molar refractivity (Wildman–Crippen MR) is 147 cm³/mol. The fraction of sp³-hybridized carbons (Fsp3) is 0.241. The number of ether oxygens (including phenoxy) is 2. The topological polar surface area (TPSA) is 101 Å². The number of rotatable bonds is 7. The molecule has 0 radical (unpaired) electrons. The molecule has 11 heteroatoms. The number of nitrogens with zero attached hydrogens (tertiary/aromatic N) is 5. The van der Waals surface area contributed by atoms with E-state index in [9.17, 15) is 9.59 Å².